The highest BCUT2D eigenvalue weighted by molar-refractivity contribution is 5.69. The molecule has 1 N–H and O–H groups in total. The first-order valence-electron chi connectivity index (χ1n) is 21.0. The Balaban J connectivity index is 4.76. The molecule has 0 aromatic rings. The SMILES string of the molecule is CCCCCCCCCCCC(COC(=O)CCC(OCCCCCCCC)OCCCCCCCC)COC(=O)NCCN(CC)CC. The summed E-state index contributed by atoms with van der Waals surface area (Å²) in [5.41, 5.74) is 0. The van der Waals surface area contributed by atoms with Crippen molar-refractivity contribution in [2.75, 3.05) is 52.6 Å². The number of amides is 1. The van der Waals surface area contributed by atoms with Gasteiger partial charge in [0.2, 0.25) is 0 Å². The summed E-state index contributed by atoms with van der Waals surface area (Å²) >= 11 is 0. The Morgan fingerprint density at radius 2 is 1.00 bits per heavy atom. The van der Waals surface area contributed by atoms with E-state index in [1.54, 1.807) is 0 Å². The number of esters is 1. The van der Waals surface area contributed by atoms with E-state index in [1.165, 1.54) is 109 Å². The quantitative estimate of drug-likeness (QED) is 0.0390. The molecule has 0 aromatic carbocycles. The van der Waals surface area contributed by atoms with Gasteiger partial charge in [0.05, 0.1) is 19.6 Å². The van der Waals surface area contributed by atoms with Gasteiger partial charge >= 0.3 is 12.1 Å². The van der Waals surface area contributed by atoms with Gasteiger partial charge in [-0.15, -0.1) is 0 Å². The van der Waals surface area contributed by atoms with Crippen molar-refractivity contribution in [1.82, 2.24) is 10.2 Å². The van der Waals surface area contributed by atoms with Crippen LogP contribution in [-0.2, 0) is 23.7 Å². The van der Waals surface area contributed by atoms with Gasteiger partial charge in [-0.05, 0) is 32.4 Å². The van der Waals surface area contributed by atoms with Crippen LogP contribution in [0.3, 0.4) is 0 Å². The lowest BCUT2D eigenvalue weighted by Crippen LogP contribution is -2.35. The first-order valence-corrected chi connectivity index (χ1v) is 21.0. The van der Waals surface area contributed by atoms with E-state index in [-0.39, 0.29) is 37.8 Å². The van der Waals surface area contributed by atoms with E-state index in [4.69, 9.17) is 18.9 Å². The standard InChI is InChI=1S/C41H82N2O6/c1-6-11-14-17-20-21-22-23-26-29-38(37-49-41(45)42-32-33-43(9-4)10-5)36-48-39(44)30-31-40(46-34-27-24-18-15-12-7-2)47-35-28-25-19-16-13-8-3/h38,40H,6-37H2,1-5H3,(H,42,45). The van der Waals surface area contributed by atoms with E-state index in [0.717, 1.165) is 51.7 Å². The lowest BCUT2D eigenvalue weighted by molar-refractivity contribution is -0.160. The Hall–Kier alpha value is -1.38. The zero-order valence-electron chi connectivity index (χ0n) is 33.2. The number of nitrogens with zero attached hydrogens (tertiary/aromatic N) is 1. The minimum Gasteiger partial charge on any atom is -0.465 e. The number of nitrogens with one attached hydrogen (secondary N) is 1. The third-order valence-electron chi connectivity index (χ3n) is 9.43. The van der Waals surface area contributed by atoms with E-state index >= 15 is 0 Å². The second-order valence-corrected chi connectivity index (χ2v) is 14.0. The fourth-order valence-corrected chi connectivity index (χ4v) is 5.99. The molecule has 0 aromatic heterocycles. The van der Waals surface area contributed by atoms with Crippen LogP contribution in [0.5, 0.6) is 0 Å². The number of hydrogen-bond acceptors (Lipinski definition) is 7. The highest BCUT2D eigenvalue weighted by Crippen LogP contribution is 2.16. The molecular weight excluding hydrogens is 616 g/mol. The summed E-state index contributed by atoms with van der Waals surface area (Å²) in [6.07, 6.45) is 26.7. The van der Waals surface area contributed by atoms with Gasteiger partial charge in [0.25, 0.3) is 0 Å². The van der Waals surface area contributed by atoms with Crippen LogP contribution in [0.15, 0.2) is 0 Å². The van der Waals surface area contributed by atoms with E-state index in [0.29, 0.717) is 26.2 Å². The molecule has 0 spiro atoms. The van der Waals surface area contributed by atoms with Crippen molar-refractivity contribution in [3.05, 3.63) is 0 Å². The average Bonchev–Trinajstić information content (AvgIpc) is 3.11. The molecule has 49 heavy (non-hydrogen) atoms. The molecule has 1 atom stereocenters. The molecule has 0 saturated heterocycles. The van der Waals surface area contributed by atoms with Crippen LogP contribution in [-0.4, -0.2) is 75.9 Å². The first-order chi connectivity index (χ1) is 24.0. The van der Waals surface area contributed by atoms with Crippen LogP contribution in [0.25, 0.3) is 0 Å². The molecule has 8 nitrogen and oxygen atoms in total. The van der Waals surface area contributed by atoms with Crippen molar-refractivity contribution in [2.24, 2.45) is 5.92 Å². The van der Waals surface area contributed by atoms with E-state index in [2.05, 4.69) is 44.8 Å². The number of hydrogen-bond donors (Lipinski definition) is 1. The monoisotopic (exact) mass is 699 g/mol. The molecule has 0 aliphatic rings. The van der Waals surface area contributed by atoms with Gasteiger partial charge in [-0.1, -0.05) is 157 Å². The largest absolute Gasteiger partial charge is 0.465 e. The maximum absolute atomic E-state index is 12.9. The van der Waals surface area contributed by atoms with Crippen LogP contribution in [0, 0.1) is 5.92 Å². The first kappa shape index (κ1) is 47.6. The van der Waals surface area contributed by atoms with Gasteiger partial charge < -0.3 is 29.2 Å². The van der Waals surface area contributed by atoms with Crippen molar-refractivity contribution in [1.29, 1.82) is 0 Å². The molecule has 0 fully saturated rings. The van der Waals surface area contributed by atoms with E-state index < -0.39 is 6.09 Å². The number of likely N-dealkylation sites (N-methyl/N-ethyl adjacent to an activating group) is 1. The zero-order chi connectivity index (χ0) is 36.0. The summed E-state index contributed by atoms with van der Waals surface area (Å²) in [5.74, 6) is -0.247. The van der Waals surface area contributed by atoms with Gasteiger partial charge in [-0.25, -0.2) is 4.79 Å². The third-order valence-corrected chi connectivity index (χ3v) is 9.43. The molecule has 1 unspecified atom stereocenters. The molecular formula is C41H82N2O6. The number of carbonyl (C=O) groups is 2. The molecule has 0 aliphatic heterocycles. The Bertz CT molecular complexity index is 687. The van der Waals surface area contributed by atoms with Crippen LogP contribution in [0.1, 0.15) is 189 Å². The van der Waals surface area contributed by atoms with Crippen molar-refractivity contribution >= 4 is 12.1 Å². The van der Waals surface area contributed by atoms with E-state index in [9.17, 15) is 9.59 Å². The highest BCUT2D eigenvalue weighted by Gasteiger charge is 2.18. The lowest BCUT2D eigenvalue weighted by Gasteiger charge is -2.20. The summed E-state index contributed by atoms with van der Waals surface area (Å²) in [6, 6.07) is 0. The summed E-state index contributed by atoms with van der Waals surface area (Å²) in [4.78, 5) is 27.5. The molecule has 8 heteroatoms. The lowest BCUT2D eigenvalue weighted by atomic mass is 10.0. The maximum Gasteiger partial charge on any atom is 0.407 e. The number of rotatable bonds is 38. The second kappa shape index (κ2) is 37.9. The van der Waals surface area contributed by atoms with Crippen molar-refractivity contribution in [2.45, 2.75) is 195 Å². The molecule has 0 heterocycles. The summed E-state index contributed by atoms with van der Waals surface area (Å²) in [6.45, 7) is 16.1. The fraction of sp³-hybridized carbons (Fsp3) is 0.951. The summed E-state index contributed by atoms with van der Waals surface area (Å²) in [7, 11) is 0. The predicted molar refractivity (Wildman–Crippen MR) is 205 cm³/mol. The molecule has 0 rings (SSSR count). The Kier molecular flexibility index (Phi) is 36.8. The second-order valence-electron chi connectivity index (χ2n) is 14.0. The predicted octanol–water partition coefficient (Wildman–Crippen LogP) is 11.0. The Labute approximate surface area is 303 Å². The normalized spacial score (nSPS) is 12.1. The number of unbranched alkanes of at least 4 members (excludes halogenated alkanes) is 18. The summed E-state index contributed by atoms with van der Waals surface area (Å²) < 4.78 is 23.6. The molecule has 0 saturated carbocycles. The Morgan fingerprint density at radius 3 is 1.49 bits per heavy atom. The molecule has 0 aliphatic carbocycles. The minimum atomic E-state index is -0.400. The van der Waals surface area contributed by atoms with Crippen LogP contribution in [0.2, 0.25) is 0 Å². The van der Waals surface area contributed by atoms with Crippen LogP contribution < -0.4 is 5.32 Å². The van der Waals surface area contributed by atoms with Gasteiger partial charge in [-0.2, -0.15) is 0 Å². The highest BCUT2D eigenvalue weighted by atomic mass is 16.7. The fourth-order valence-electron chi connectivity index (χ4n) is 5.99. The number of carbonyl (C=O) groups excluding carboxylic acids is 2. The number of ether oxygens (including phenoxy) is 4. The molecule has 292 valence electrons. The van der Waals surface area contributed by atoms with Gasteiger partial charge in [-0.3, -0.25) is 4.79 Å². The van der Waals surface area contributed by atoms with Gasteiger partial charge in [0.1, 0.15) is 0 Å². The molecule has 1 amide bonds. The topological polar surface area (TPSA) is 86.3 Å². The number of alkyl carbamates (subject to hydrolysis) is 1. The third kappa shape index (κ3) is 33.5. The maximum atomic E-state index is 12.9. The summed E-state index contributed by atoms with van der Waals surface area (Å²) in [5, 5.41) is 2.87. The van der Waals surface area contributed by atoms with Gasteiger partial charge in [0.15, 0.2) is 6.29 Å². The van der Waals surface area contributed by atoms with Crippen molar-refractivity contribution < 1.29 is 28.5 Å². The zero-order valence-corrected chi connectivity index (χ0v) is 33.2. The molecule has 0 bridgehead atoms. The Morgan fingerprint density at radius 1 is 0.551 bits per heavy atom. The van der Waals surface area contributed by atoms with Crippen LogP contribution >= 0.6 is 0 Å². The van der Waals surface area contributed by atoms with Crippen molar-refractivity contribution in [3.8, 4) is 0 Å². The van der Waals surface area contributed by atoms with Gasteiger partial charge in [0, 0.05) is 38.6 Å². The molecule has 0 radical (unpaired) electrons. The van der Waals surface area contributed by atoms with Crippen molar-refractivity contribution in [3.63, 3.8) is 0 Å². The average molecular weight is 699 g/mol. The minimum absolute atomic E-state index is 0.00857. The van der Waals surface area contributed by atoms with Crippen LogP contribution in [0.4, 0.5) is 4.79 Å². The van der Waals surface area contributed by atoms with E-state index in [1.807, 2.05) is 0 Å². The smallest absolute Gasteiger partial charge is 0.407 e.